The molecule has 4 rings (SSSR count). The Labute approximate surface area is 286 Å². The minimum atomic E-state index is -4.21. The van der Waals surface area contributed by atoms with Crippen LogP contribution in [0.5, 0.6) is 23.0 Å². The first-order valence-electron chi connectivity index (χ1n) is 13.5. The summed E-state index contributed by atoms with van der Waals surface area (Å²) in [6, 6.07) is 19.5. The van der Waals surface area contributed by atoms with Crippen molar-refractivity contribution in [2.24, 2.45) is 5.10 Å². The molecule has 242 valence electrons. The Morgan fingerprint density at radius 2 is 1.61 bits per heavy atom. The van der Waals surface area contributed by atoms with Crippen LogP contribution in [0.4, 0.5) is 5.69 Å². The van der Waals surface area contributed by atoms with Gasteiger partial charge in [0.05, 0.1) is 42.6 Å². The van der Waals surface area contributed by atoms with Gasteiger partial charge in [-0.25, -0.2) is 13.8 Å². The molecule has 46 heavy (non-hydrogen) atoms. The maximum absolute atomic E-state index is 13.8. The van der Waals surface area contributed by atoms with Gasteiger partial charge in [-0.1, -0.05) is 47.0 Å². The highest BCUT2D eigenvalue weighted by Gasteiger charge is 2.28. The maximum Gasteiger partial charge on any atom is 0.264 e. The number of hydrogen-bond donors (Lipinski definition) is 1. The molecular formula is C32H30BrCl2N3O7S. The fourth-order valence-electron chi connectivity index (χ4n) is 4.22. The average Bonchev–Trinajstić information content (AvgIpc) is 3.03. The Hall–Kier alpha value is -3.97. The minimum Gasteiger partial charge on any atom is -0.493 e. The van der Waals surface area contributed by atoms with Crippen LogP contribution < -0.4 is 28.7 Å². The molecule has 0 unspecified atom stereocenters. The van der Waals surface area contributed by atoms with Crippen LogP contribution in [0.3, 0.4) is 0 Å². The summed E-state index contributed by atoms with van der Waals surface area (Å²) in [6.45, 7) is 1.49. The molecular weight excluding hydrogens is 721 g/mol. The second-order valence-electron chi connectivity index (χ2n) is 9.72. The molecule has 1 N–H and O–H groups in total. The van der Waals surface area contributed by atoms with Gasteiger partial charge in [0.1, 0.15) is 13.2 Å². The molecule has 0 aliphatic heterocycles. The molecule has 4 aromatic rings. The van der Waals surface area contributed by atoms with Crippen molar-refractivity contribution in [3.05, 3.63) is 104 Å². The second kappa shape index (κ2) is 15.5. The van der Waals surface area contributed by atoms with E-state index in [1.165, 1.54) is 45.7 Å². The second-order valence-corrected chi connectivity index (χ2v) is 13.3. The van der Waals surface area contributed by atoms with Crippen molar-refractivity contribution in [1.82, 2.24) is 5.43 Å². The van der Waals surface area contributed by atoms with Crippen LogP contribution in [-0.4, -0.2) is 48.4 Å². The average molecular weight is 751 g/mol. The predicted octanol–water partition coefficient (Wildman–Crippen LogP) is 7.01. The molecule has 0 aliphatic rings. The highest BCUT2D eigenvalue weighted by atomic mass is 79.9. The van der Waals surface area contributed by atoms with Crippen LogP contribution in [0, 0.1) is 6.92 Å². The Morgan fingerprint density at radius 1 is 0.913 bits per heavy atom. The van der Waals surface area contributed by atoms with Gasteiger partial charge in [-0.05, 0) is 76.9 Å². The summed E-state index contributed by atoms with van der Waals surface area (Å²) in [7, 11) is 0.135. The van der Waals surface area contributed by atoms with Gasteiger partial charge in [-0.3, -0.25) is 9.10 Å². The van der Waals surface area contributed by atoms with Crippen molar-refractivity contribution >= 4 is 67.0 Å². The number of halogens is 3. The number of benzene rings is 4. The number of nitrogens with zero attached hydrogens (tertiary/aromatic N) is 2. The van der Waals surface area contributed by atoms with Gasteiger partial charge in [0.15, 0.2) is 23.0 Å². The number of aryl methyl sites for hydroxylation is 1. The first-order chi connectivity index (χ1) is 22.0. The molecule has 0 aliphatic carbocycles. The third kappa shape index (κ3) is 8.43. The standard InChI is InChI=1S/C32H30BrCl2N3O7S/c1-20-5-9-24(10-6-20)38(46(40,41)25-11-12-28(42-2)29(16-25)43-3)18-31(39)37-36-17-21-13-26(33)32(30(14-21)44-4)45-19-22-7-8-23(34)15-27(22)35/h5-17H,18-19H2,1-4H3,(H,37,39)/b36-17-. The molecule has 0 aromatic heterocycles. The summed E-state index contributed by atoms with van der Waals surface area (Å²) >= 11 is 15.7. The highest BCUT2D eigenvalue weighted by molar-refractivity contribution is 9.10. The van der Waals surface area contributed by atoms with Gasteiger partial charge in [0, 0.05) is 21.7 Å². The molecule has 0 saturated heterocycles. The summed E-state index contributed by atoms with van der Waals surface area (Å²) in [4.78, 5) is 13.0. The normalized spacial score (nSPS) is 11.3. The van der Waals surface area contributed by atoms with Crippen LogP contribution in [0.1, 0.15) is 16.7 Å². The molecule has 1 amide bonds. The number of ether oxygens (including phenoxy) is 4. The van der Waals surface area contributed by atoms with Gasteiger partial charge < -0.3 is 18.9 Å². The lowest BCUT2D eigenvalue weighted by atomic mass is 10.2. The van der Waals surface area contributed by atoms with E-state index in [0.717, 1.165) is 15.4 Å². The number of anilines is 1. The Kier molecular flexibility index (Phi) is 11.8. The van der Waals surface area contributed by atoms with E-state index in [1.807, 2.05) is 6.92 Å². The van der Waals surface area contributed by atoms with Crippen molar-refractivity contribution in [3.63, 3.8) is 0 Å². The number of hydrazone groups is 1. The van der Waals surface area contributed by atoms with E-state index in [4.69, 9.17) is 42.1 Å². The summed E-state index contributed by atoms with van der Waals surface area (Å²) in [6.07, 6.45) is 1.39. The van der Waals surface area contributed by atoms with Crippen LogP contribution >= 0.6 is 39.1 Å². The van der Waals surface area contributed by atoms with E-state index in [1.54, 1.807) is 54.6 Å². The number of hydrogen-bond acceptors (Lipinski definition) is 8. The molecule has 0 saturated carbocycles. The summed E-state index contributed by atoms with van der Waals surface area (Å²) in [5, 5.41) is 5.03. The van der Waals surface area contributed by atoms with Gasteiger partial charge in [0.25, 0.3) is 15.9 Å². The van der Waals surface area contributed by atoms with Crippen LogP contribution in [0.15, 0.2) is 87.3 Å². The minimum absolute atomic E-state index is 0.0837. The van der Waals surface area contributed by atoms with Crippen LogP contribution in [-0.2, 0) is 21.4 Å². The van der Waals surface area contributed by atoms with Crippen molar-refractivity contribution in [2.45, 2.75) is 18.4 Å². The van der Waals surface area contributed by atoms with Crippen molar-refractivity contribution < 1.29 is 32.2 Å². The number of nitrogens with one attached hydrogen (secondary N) is 1. The predicted molar refractivity (Wildman–Crippen MR) is 182 cm³/mol. The van der Waals surface area contributed by atoms with E-state index in [9.17, 15) is 13.2 Å². The van der Waals surface area contributed by atoms with E-state index in [2.05, 4.69) is 26.5 Å². The third-order valence-electron chi connectivity index (χ3n) is 6.59. The lowest BCUT2D eigenvalue weighted by molar-refractivity contribution is -0.119. The first kappa shape index (κ1) is 34.9. The number of rotatable bonds is 13. The summed E-state index contributed by atoms with van der Waals surface area (Å²) in [5.41, 5.74) is 4.92. The van der Waals surface area contributed by atoms with Crippen molar-refractivity contribution in [2.75, 3.05) is 32.2 Å². The number of carbonyl (C=O) groups excluding carboxylic acids is 1. The Morgan fingerprint density at radius 3 is 2.26 bits per heavy atom. The largest absolute Gasteiger partial charge is 0.493 e. The summed E-state index contributed by atoms with van der Waals surface area (Å²) in [5.74, 6) is 0.756. The topological polar surface area (TPSA) is 116 Å². The molecule has 4 aromatic carbocycles. The van der Waals surface area contributed by atoms with Gasteiger partial charge >= 0.3 is 0 Å². The SMILES string of the molecule is COc1ccc(S(=O)(=O)N(CC(=O)N/N=C\c2cc(Br)c(OCc3ccc(Cl)cc3Cl)c(OC)c2)c2ccc(C)cc2)cc1OC. The Balaban J connectivity index is 1.52. The van der Waals surface area contributed by atoms with E-state index >= 15 is 0 Å². The zero-order valence-electron chi connectivity index (χ0n) is 25.2. The van der Waals surface area contributed by atoms with Crippen LogP contribution in [0.2, 0.25) is 10.0 Å². The Bertz CT molecular complexity index is 1860. The molecule has 0 atom stereocenters. The zero-order chi connectivity index (χ0) is 33.4. The van der Waals surface area contributed by atoms with E-state index in [0.29, 0.717) is 43.0 Å². The maximum atomic E-state index is 13.8. The van der Waals surface area contributed by atoms with E-state index < -0.39 is 22.5 Å². The number of carbonyl (C=O) groups is 1. The molecule has 10 nitrogen and oxygen atoms in total. The molecule has 0 spiro atoms. The van der Waals surface area contributed by atoms with Crippen molar-refractivity contribution in [1.29, 1.82) is 0 Å². The zero-order valence-corrected chi connectivity index (χ0v) is 29.1. The lowest BCUT2D eigenvalue weighted by Gasteiger charge is -2.24. The third-order valence-corrected chi connectivity index (χ3v) is 9.54. The number of methoxy groups -OCH3 is 3. The number of sulfonamides is 1. The molecule has 14 heteroatoms. The monoisotopic (exact) mass is 749 g/mol. The molecule has 0 fully saturated rings. The fraction of sp³-hybridized carbons (Fsp3) is 0.188. The summed E-state index contributed by atoms with van der Waals surface area (Å²) < 4.78 is 51.2. The smallest absolute Gasteiger partial charge is 0.264 e. The quantitative estimate of drug-likeness (QED) is 0.115. The molecule has 0 heterocycles. The highest BCUT2D eigenvalue weighted by Crippen LogP contribution is 2.37. The molecule has 0 radical (unpaired) electrons. The molecule has 0 bridgehead atoms. The van der Waals surface area contributed by atoms with Gasteiger partial charge in [-0.2, -0.15) is 5.10 Å². The van der Waals surface area contributed by atoms with Crippen LogP contribution in [0.25, 0.3) is 0 Å². The van der Waals surface area contributed by atoms with Gasteiger partial charge in [0.2, 0.25) is 0 Å². The first-order valence-corrected chi connectivity index (χ1v) is 16.5. The lowest BCUT2D eigenvalue weighted by Crippen LogP contribution is -2.39. The van der Waals surface area contributed by atoms with Gasteiger partial charge in [-0.15, -0.1) is 0 Å². The van der Waals surface area contributed by atoms with Crippen molar-refractivity contribution in [3.8, 4) is 23.0 Å². The van der Waals surface area contributed by atoms with E-state index in [-0.39, 0.29) is 17.3 Å². The fourth-order valence-corrected chi connectivity index (χ4v) is 6.69. The number of amides is 1.